The molecule has 0 fully saturated rings. The van der Waals surface area contributed by atoms with E-state index in [1.807, 2.05) is 0 Å². The lowest BCUT2D eigenvalue weighted by Gasteiger charge is -2.09. The highest BCUT2D eigenvalue weighted by molar-refractivity contribution is 5.76. The molecule has 0 aliphatic carbocycles. The van der Waals surface area contributed by atoms with Crippen LogP contribution in [-0.2, 0) is 138 Å². The minimum atomic E-state index is -1.35. The highest BCUT2D eigenvalue weighted by Crippen LogP contribution is 2.34. The van der Waals surface area contributed by atoms with Gasteiger partial charge in [-0.1, -0.05) is 0 Å². The van der Waals surface area contributed by atoms with Crippen LogP contribution in [0.15, 0.2) is 6.20 Å². The number of carboxylic acids is 10. The van der Waals surface area contributed by atoms with Gasteiger partial charge in [0.05, 0.1) is 32.1 Å². The number of carboxylic acid groups (broad SMARTS) is 10. The molecule has 15 N–H and O–H groups in total. The van der Waals surface area contributed by atoms with Gasteiger partial charge in [0.15, 0.2) is 0 Å². The van der Waals surface area contributed by atoms with Gasteiger partial charge in [-0.25, -0.2) is 0 Å². The van der Waals surface area contributed by atoms with Crippen molar-refractivity contribution in [1.29, 1.82) is 0 Å². The van der Waals surface area contributed by atoms with E-state index < -0.39 is 111 Å². The molecule has 0 unspecified atom stereocenters. The van der Waals surface area contributed by atoms with E-state index in [1.165, 1.54) is 6.20 Å². The van der Waals surface area contributed by atoms with Gasteiger partial charge in [0.2, 0.25) is 0 Å². The molecule has 75 heavy (non-hydrogen) atoms. The summed E-state index contributed by atoms with van der Waals surface area (Å²) in [5, 5.41) is 98.4. The third kappa shape index (κ3) is 15.6. The summed E-state index contributed by atoms with van der Waals surface area (Å²) in [6.07, 6.45) is -5.42. The number of hydrogen-bond acceptors (Lipinski definition) is 10. The van der Waals surface area contributed by atoms with Crippen molar-refractivity contribution in [2.45, 2.75) is 129 Å². The summed E-state index contributed by atoms with van der Waals surface area (Å²) in [6.45, 7) is 1.59. The molecular formula is C50H57N5O20. The smallest absolute Gasteiger partial charge is 0.307 e. The van der Waals surface area contributed by atoms with Crippen LogP contribution >= 0.6 is 0 Å². The molecule has 402 valence electrons. The van der Waals surface area contributed by atoms with Crippen LogP contribution in [0.4, 0.5) is 0 Å². The molecule has 5 heterocycles. The zero-order chi connectivity index (χ0) is 55.4. The molecule has 5 rings (SSSR count). The van der Waals surface area contributed by atoms with Gasteiger partial charge in [-0.05, 0) is 94.7 Å². The second-order valence-corrected chi connectivity index (χ2v) is 18.1. The van der Waals surface area contributed by atoms with E-state index in [4.69, 9.17) is 0 Å². The van der Waals surface area contributed by atoms with E-state index in [2.05, 4.69) is 24.9 Å². The fourth-order valence-corrected chi connectivity index (χ4v) is 9.80. The van der Waals surface area contributed by atoms with Crippen molar-refractivity contribution in [3.8, 4) is 0 Å². The Labute approximate surface area is 424 Å². The Morgan fingerprint density at radius 1 is 0.307 bits per heavy atom. The highest BCUT2D eigenvalue weighted by Gasteiger charge is 2.29. The van der Waals surface area contributed by atoms with Crippen LogP contribution in [0.2, 0.25) is 0 Å². The Hall–Kier alpha value is -8.90. The predicted molar refractivity (Wildman–Crippen MR) is 256 cm³/mol. The van der Waals surface area contributed by atoms with Crippen molar-refractivity contribution >= 4 is 59.7 Å². The number of carbonyl (C=O) groups is 10. The summed E-state index contributed by atoms with van der Waals surface area (Å²) in [6, 6.07) is 0. The van der Waals surface area contributed by atoms with Crippen molar-refractivity contribution in [3.63, 3.8) is 0 Å². The molecule has 0 atom stereocenters. The third-order valence-electron chi connectivity index (χ3n) is 12.9. The molecule has 0 amide bonds. The lowest BCUT2D eigenvalue weighted by Crippen LogP contribution is -2.09. The predicted octanol–water partition coefficient (Wildman–Crippen LogP) is 3.22. The van der Waals surface area contributed by atoms with Gasteiger partial charge in [0, 0.05) is 115 Å². The normalized spacial score (nSPS) is 11.2. The summed E-state index contributed by atoms with van der Waals surface area (Å²) in [5.74, 6) is -12.5. The van der Waals surface area contributed by atoms with Crippen LogP contribution in [0.5, 0.6) is 0 Å². The largest absolute Gasteiger partial charge is 0.481 e. The fraction of sp³-hybridized carbons (Fsp3) is 0.400. The zero-order valence-corrected chi connectivity index (χ0v) is 40.6. The molecule has 25 nitrogen and oxygen atoms in total. The van der Waals surface area contributed by atoms with Crippen LogP contribution in [0.3, 0.4) is 0 Å². The number of rotatable bonds is 33. The molecular weight excluding hydrogens is 991 g/mol. The highest BCUT2D eigenvalue weighted by atomic mass is 16.4. The van der Waals surface area contributed by atoms with Crippen molar-refractivity contribution < 1.29 is 99.0 Å². The maximum absolute atomic E-state index is 12.6. The molecule has 0 aromatic carbocycles. The number of aliphatic carboxylic acids is 10. The minimum absolute atomic E-state index is 0.0311. The molecule has 25 heteroatoms. The minimum Gasteiger partial charge on any atom is -0.481 e. The summed E-state index contributed by atoms with van der Waals surface area (Å²) in [7, 11) is 0. The van der Waals surface area contributed by atoms with E-state index in [0.717, 1.165) is 0 Å². The molecule has 5 aromatic rings. The molecule has 0 saturated carbocycles. The molecule has 0 saturated heterocycles. The van der Waals surface area contributed by atoms with Crippen LogP contribution < -0.4 is 0 Å². The number of H-pyrrole nitrogens is 5. The van der Waals surface area contributed by atoms with Crippen LogP contribution in [0.1, 0.15) is 139 Å². The summed E-state index contributed by atoms with van der Waals surface area (Å²) in [4.78, 5) is 136. The van der Waals surface area contributed by atoms with E-state index in [9.17, 15) is 99.0 Å². The first-order valence-corrected chi connectivity index (χ1v) is 23.5. The quantitative estimate of drug-likeness (QED) is 0.0287. The molecule has 0 aliphatic heterocycles. The maximum atomic E-state index is 12.6. The van der Waals surface area contributed by atoms with E-state index in [1.54, 1.807) is 6.92 Å². The Morgan fingerprint density at radius 2 is 0.560 bits per heavy atom. The summed E-state index contributed by atoms with van der Waals surface area (Å²) < 4.78 is 0. The first-order chi connectivity index (χ1) is 35.3. The number of aromatic nitrogens is 5. The van der Waals surface area contributed by atoms with E-state index >= 15 is 0 Å². The Kier molecular flexibility index (Phi) is 19.1. The zero-order valence-electron chi connectivity index (χ0n) is 40.6. The molecule has 0 bridgehead atoms. The molecule has 0 radical (unpaired) electrons. The number of nitrogens with one attached hydrogen (secondary N) is 5. The van der Waals surface area contributed by atoms with Crippen LogP contribution in [0.25, 0.3) is 0 Å². The molecule has 5 aromatic heterocycles. The standard InChI is InChI=1S/C50H57N5O20/c1-22-28(12-46(66)67)24(3-8-42(58)59)34(52-22)18-38-31(15-49(72)73)26(5-10-44(62)63)36(54-38)20-40-32(16-50(74)75)27(6-11-45(64)65)37(55-40)19-39-30(14-48(70)71)25(4-9-43(60)61)35(53-39)17-33-29(13-47(68)69)23(21-51-33)2-7-41(56)57/h21,51-55H,2-20H2,1H3,(H,56,57)(H,58,59)(H,60,61)(H,62,63)(H,64,65)(H,66,67)(H,68,69)(H,70,71)(H,72,73)(H,74,75). The molecule has 0 aliphatic rings. The van der Waals surface area contributed by atoms with Gasteiger partial charge >= 0.3 is 59.7 Å². The van der Waals surface area contributed by atoms with Gasteiger partial charge in [-0.3, -0.25) is 47.9 Å². The maximum Gasteiger partial charge on any atom is 0.307 e. The van der Waals surface area contributed by atoms with Crippen molar-refractivity contribution in [3.05, 3.63) is 113 Å². The Morgan fingerprint density at radius 3 is 0.880 bits per heavy atom. The summed E-state index contributed by atoms with van der Waals surface area (Å²) >= 11 is 0. The first-order valence-electron chi connectivity index (χ1n) is 23.5. The first kappa shape index (κ1) is 57.0. The van der Waals surface area contributed by atoms with Gasteiger partial charge in [0.1, 0.15) is 0 Å². The summed E-state index contributed by atoms with van der Waals surface area (Å²) in [5.41, 5.74) is 4.82. The fourth-order valence-electron chi connectivity index (χ4n) is 9.80. The second-order valence-electron chi connectivity index (χ2n) is 18.1. The number of aryl methyl sites for hydroxylation is 2. The van der Waals surface area contributed by atoms with Gasteiger partial charge in [0.25, 0.3) is 0 Å². The second kappa shape index (κ2) is 25.2. The Bertz CT molecular complexity index is 3050. The average Bonchev–Trinajstić information content (AvgIpc) is 4.06. The van der Waals surface area contributed by atoms with Crippen LogP contribution in [-0.4, -0.2) is 136 Å². The number of aromatic amines is 5. The van der Waals surface area contributed by atoms with Crippen molar-refractivity contribution in [2.24, 2.45) is 0 Å². The lowest BCUT2D eigenvalue weighted by molar-refractivity contribution is -0.138. The van der Waals surface area contributed by atoms with Gasteiger partial charge in [-0.2, -0.15) is 0 Å². The van der Waals surface area contributed by atoms with Crippen molar-refractivity contribution in [1.82, 2.24) is 24.9 Å². The van der Waals surface area contributed by atoms with E-state index in [-0.39, 0.29) is 144 Å². The van der Waals surface area contributed by atoms with Crippen molar-refractivity contribution in [2.75, 3.05) is 0 Å². The molecule has 0 spiro atoms. The van der Waals surface area contributed by atoms with E-state index in [0.29, 0.717) is 33.8 Å². The van der Waals surface area contributed by atoms with Gasteiger partial charge < -0.3 is 76.0 Å². The van der Waals surface area contributed by atoms with Crippen LogP contribution in [0, 0.1) is 6.92 Å². The SMILES string of the molecule is Cc1[nH]c(Cc2[nH]c(Cc3[nH]c(Cc4[nH]c(Cc5[nH]cc(CCC(=O)O)c5CC(=O)O)c(CCC(=O)O)c4CC(=O)O)c(CCC(=O)O)c3CC(=O)O)c(CCC(=O)O)c2CC(=O)O)c(CCC(=O)O)c1CC(=O)O. The topological polar surface area (TPSA) is 452 Å². The monoisotopic (exact) mass is 1050 g/mol. The average molecular weight is 1050 g/mol. The lowest BCUT2D eigenvalue weighted by atomic mass is 9.94. The third-order valence-corrected chi connectivity index (χ3v) is 12.9. The van der Waals surface area contributed by atoms with Gasteiger partial charge in [-0.15, -0.1) is 0 Å². The Balaban J connectivity index is 1.73. The number of hydrogen-bond donors (Lipinski definition) is 15.